The Morgan fingerprint density at radius 2 is 1.97 bits per heavy atom. The molecule has 0 spiro atoms. The largest absolute Gasteiger partial charge is 0.508 e. The van der Waals surface area contributed by atoms with Gasteiger partial charge in [-0.2, -0.15) is 0 Å². The van der Waals surface area contributed by atoms with Crippen molar-refractivity contribution in [2.75, 3.05) is 32.9 Å². The summed E-state index contributed by atoms with van der Waals surface area (Å²) in [6.07, 6.45) is 3.65. The third-order valence-corrected chi connectivity index (χ3v) is 6.11. The number of fused-ring (bicyclic) bond motifs is 1. The highest BCUT2D eigenvalue weighted by Gasteiger charge is 2.31. The lowest BCUT2D eigenvalue weighted by atomic mass is 9.90. The zero-order valence-corrected chi connectivity index (χ0v) is 18.6. The van der Waals surface area contributed by atoms with Crippen LogP contribution in [0.4, 0.5) is 8.78 Å². The summed E-state index contributed by atoms with van der Waals surface area (Å²) in [5.74, 6) is 0.799. The topological polar surface area (TPSA) is 80.6 Å². The van der Waals surface area contributed by atoms with Gasteiger partial charge in [-0.3, -0.25) is 14.3 Å². The summed E-state index contributed by atoms with van der Waals surface area (Å²) in [5.41, 5.74) is 3.36. The molecule has 9 heteroatoms. The van der Waals surface area contributed by atoms with Crippen molar-refractivity contribution < 1.29 is 23.4 Å². The number of phenols is 1. The number of aromatic nitrogens is 3. The summed E-state index contributed by atoms with van der Waals surface area (Å²) in [4.78, 5) is 15.3. The van der Waals surface area contributed by atoms with Crippen LogP contribution in [0.3, 0.4) is 0 Å². The predicted molar refractivity (Wildman–Crippen MR) is 122 cm³/mol. The molecule has 1 fully saturated rings. The Morgan fingerprint density at radius 3 is 2.68 bits per heavy atom. The van der Waals surface area contributed by atoms with E-state index in [0.717, 1.165) is 30.4 Å². The third-order valence-electron chi connectivity index (χ3n) is 6.11. The van der Waals surface area contributed by atoms with Gasteiger partial charge in [0.25, 0.3) is 0 Å². The SMILES string of the molecule is CC1=C(c2ccc(F)cn2)C(c2cnc(OCCN3CC(CF)C3)cn2)Oc2ccc(O)cc21. The molecule has 0 saturated carbocycles. The Morgan fingerprint density at radius 1 is 1.12 bits per heavy atom. The highest BCUT2D eigenvalue weighted by Crippen LogP contribution is 2.46. The minimum atomic E-state index is -0.629. The van der Waals surface area contributed by atoms with Crippen LogP contribution in [-0.4, -0.2) is 57.9 Å². The van der Waals surface area contributed by atoms with E-state index in [1.165, 1.54) is 12.3 Å². The molecule has 176 valence electrons. The van der Waals surface area contributed by atoms with E-state index in [4.69, 9.17) is 9.47 Å². The average molecular weight is 466 g/mol. The zero-order valence-electron chi connectivity index (χ0n) is 18.6. The van der Waals surface area contributed by atoms with E-state index in [1.807, 2.05) is 6.92 Å². The van der Waals surface area contributed by atoms with Crippen LogP contribution in [0.5, 0.6) is 17.4 Å². The number of likely N-dealkylation sites (tertiary alicyclic amines) is 1. The zero-order chi connectivity index (χ0) is 23.7. The van der Waals surface area contributed by atoms with Crippen molar-refractivity contribution in [2.45, 2.75) is 13.0 Å². The molecule has 1 aromatic carbocycles. The molecule has 3 aromatic rings. The molecule has 1 N–H and O–H groups in total. The van der Waals surface area contributed by atoms with Gasteiger partial charge in [0.15, 0.2) is 6.10 Å². The molecule has 7 nitrogen and oxygen atoms in total. The molecule has 1 atom stereocenters. The van der Waals surface area contributed by atoms with Crippen LogP contribution >= 0.6 is 0 Å². The second-order valence-electron chi connectivity index (χ2n) is 8.49. The molecule has 1 unspecified atom stereocenters. The summed E-state index contributed by atoms with van der Waals surface area (Å²) in [7, 11) is 0. The first kappa shape index (κ1) is 22.2. The molecule has 2 aliphatic heterocycles. The first-order chi connectivity index (χ1) is 16.5. The van der Waals surface area contributed by atoms with Crippen molar-refractivity contribution in [3.8, 4) is 17.4 Å². The number of allylic oxidation sites excluding steroid dienone is 1. The molecule has 0 aliphatic carbocycles. The number of benzene rings is 1. The van der Waals surface area contributed by atoms with E-state index in [2.05, 4.69) is 19.9 Å². The van der Waals surface area contributed by atoms with Crippen molar-refractivity contribution in [1.29, 1.82) is 0 Å². The third kappa shape index (κ3) is 4.43. The van der Waals surface area contributed by atoms with E-state index >= 15 is 0 Å². The molecule has 2 aromatic heterocycles. The highest BCUT2D eigenvalue weighted by molar-refractivity contribution is 5.94. The lowest BCUT2D eigenvalue weighted by Gasteiger charge is -2.37. The summed E-state index contributed by atoms with van der Waals surface area (Å²) < 4.78 is 38.0. The van der Waals surface area contributed by atoms with Gasteiger partial charge in [0.05, 0.1) is 31.0 Å². The molecule has 0 radical (unpaired) electrons. The summed E-state index contributed by atoms with van der Waals surface area (Å²) >= 11 is 0. The molecule has 2 aliphatic rings. The van der Waals surface area contributed by atoms with Gasteiger partial charge in [0.1, 0.15) is 29.6 Å². The van der Waals surface area contributed by atoms with Crippen molar-refractivity contribution in [2.24, 2.45) is 5.92 Å². The maximum absolute atomic E-state index is 13.5. The van der Waals surface area contributed by atoms with Gasteiger partial charge >= 0.3 is 0 Å². The number of hydrogen-bond donors (Lipinski definition) is 1. The maximum Gasteiger partial charge on any atom is 0.232 e. The number of nitrogens with zero attached hydrogens (tertiary/aromatic N) is 4. The number of hydrogen-bond acceptors (Lipinski definition) is 7. The van der Waals surface area contributed by atoms with Gasteiger partial charge in [0, 0.05) is 36.7 Å². The Bertz CT molecular complexity index is 1200. The normalized spacial score (nSPS) is 18.3. The standard InChI is InChI=1S/C25H24F2N4O3/c1-15-19-8-18(32)3-5-22(19)34-25(24(15)20-4-2-17(27)10-28-20)21-11-30-23(12-29-21)33-7-6-31-13-16(9-26)14-31/h2-5,8,10-12,16,25,32H,6-7,9,13-14H2,1H3. The molecule has 4 heterocycles. The minimum absolute atomic E-state index is 0.117. The van der Waals surface area contributed by atoms with Gasteiger partial charge in [-0.1, -0.05) is 0 Å². The van der Waals surface area contributed by atoms with Crippen LogP contribution in [0.2, 0.25) is 0 Å². The summed E-state index contributed by atoms with van der Waals surface area (Å²) in [6.45, 7) is 4.29. The van der Waals surface area contributed by atoms with Gasteiger partial charge < -0.3 is 14.6 Å². The Balaban J connectivity index is 1.37. The van der Waals surface area contributed by atoms with E-state index < -0.39 is 11.9 Å². The Labute approximate surface area is 195 Å². The van der Waals surface area contributed by atoms with E-state index in [-0.39, 0.29) is 18.3 Å². The van der Waals surface area contributed by atoms with Gasteiger partial charge in [-0.15, -0.1) is 0 Å². The summed E-state index contributed by atoms with van der Waals surface area (Å²) in [5, 5.41) is 9.96. The molecular formula is C25H24F2N4O3. The van der Waals surface area contributed by atoms with E-state index in [0.29, 0.717) is 41.7 Å². The average Bonchev–Trinajstić information content (AvgIpc) is 2.82. The molecule has 5 rings (SSSR count). The quantitative estimate of drug-likeness (QED) is 0.562. The lowest BCUT2D eigenvalue weighted by molar-refractivity contribution is 0.0661. The maximum atomic E-state index is 13.5. The second kappa shape index (κ2) is 9.34. The second-order valence-corrected chi connectivity index (χ2v) is 8.49. The molecule has 34 heavy (non-hydrogen) atoms. The molecule has 1 saturated heterocycles. The number of pyridine rings is 1. The predicted octanol–water partition coefficient (Wildman–Crippen LogP) is 4.06. The molecule has 0 amide bonds. The van der Waals surface area contributed by atoms with Crippen LogP contribution in [0.1, 0.15) is 30.0 Å². The smallest absolute Gasteiger partial charge is 0.232 e. The van der Waals surface area contributed by atoms with E-state index in [9.17, 15) is 13.9 Å². The monoisotopic (exact) mass is 466 g/mol. The molecular weight excluding hydrogens is 442 g/mol. The first-order valence-electron chi connectivity index (χ1n) is 11.1. The van der Waals surface area contributed by atoms with Crippen LogP contribution < -0.4 is 9.47 Å². The number of aromatic hydroxyl groups is 1. The number of phenolic OH excluding ortho intramolecular Hbond substituents is 1. The number of halogens is 2. The van der Waals surface area contributed by atoms with Crippen molar-refractivity contribution in [3.63, 3.8) is 0 Å². The Hall–Kier alpha value is -3.59. The fourth-order valence-electron chi connectivity index (χ4n) is 4.28. The minimum Gasteiger partial charge on any atom is -0.508 e. The number of ether oxygens (including phenoxy) is 2. The fourth-order valence-corrected chi connectivity index (χ4v) is 4.28. The van der Waals surface area contributed by atoms with Crippen molar-refractivity contribution in [3.05, 3.63) is 71.7 Å². The van der Waals surface area contributed by atoms with Gasteiger partial charge in [-0.05, 0) is 42.8 Å². The van der Waals surface area contributed by atoms with Crippen LogP contribution in [0, 0.1) is 11.7 Å². The van der Waals surface area contributed by atoms with Crippen LogP contribution in [0.15, 0.2) is 48.9 Å². The first-order valence-corrected chi connectivity index (χ1v) is 11.1. The highest BCUT2D eigenvalue weighted by atomic mass is 19.1. The Kier molecular flexibility index (Phi) is 6.10. The number of alkyl halides is 1. The summed E-state index contributed by atoms with van der Waals surface area (Å²) in [6, 6.07) is 7.81. The van der Waals surface area contributed by atoms with Crippen LogP contribution in [-0.2, 0) is 0 Å². The van der Waals surface area contributed by atoms with Crippen molar-refractivity contribution in [1.82, 2.24) is 19.9 Å². The fraction of sp³-hybridized carbons (Fsp3) is 0.320. The number of rotatable bonds is 7. The van der Waals surface area contributed by atoms with Crippen molar-refractivity contribution >= 4 is 11.1 Å². The van der Waals surface area contributed by atoms with Gasteiger partial charge in [0.2, 0.25) is 5.88 Å². The molecule has 0 bridgehead atoms. The van der Waals surface area contributed by atoms with Gasteiger partial charge in [-0.25, -0.2) is 14.4 Å². The van der Waals surface area contributed by atoms with Crippen LogP contribution in [0.25, 0.3) is 11.1 Å². The van der Waals surface area contributed by atoms with E-state index in [1.54, 1.807) is 30.5 Å². The lowest BCUT2D eigenvalue weighted by Crippen LogP contribution is -2.49.